The van der Waals surface area contributed by atoms with E-state index in [1.165, 1.54) is 24.3 Å². The van der Waals surface area contributed by atoms with Gasteiger partial charge in [-0.05, 0) is 32.4 Å². The van der Waals surface area contributed by atoms with Crippen LogP contribution in [0, 0.1) is 10.1 Å². The maximum atomic E-state index is 12.6. The summed E-state index contributed by atoms with van der Waals surface area (Å²) < 4.78 is 4.88. The van der Waals surface area contributed by atoms with Gasteiger partial charge in [-0.25, -0.2) is 0 Å². The van der Waals surface area contributed by atoms with Crippen LogP contribution in [-0.4, -0.2) is 40.9 Å². The molecule has 1 aromatic rings. The van der Waals surface area contributed by atoms with Gasteiger partial charge in [-0.15, -0.1) is 0 Å². The van der Waals surface area contributed by atoms with Crippen LogP contribution in [0.5, 0.6) is 0 Å². The lowest BCUT2D eigenvalue weighted by molar-refractivity contribution is -0.384. The first-order valence-corrected chi connectivity index (χ1v) is 7.61. The second-order valence-corrected chi connectivity index (χ2v) is 5.11. The van der Waals surface area contributed by atoms with Gasteiger partial charge in [-0.2, -0.15) is 0 Å². The zero-order chi connectivity index (χ0) is 17.4. The molecule has 1 aromatic carbocycles. The van der Waals surface area contributed by atoms with Gasteiger partial charge >= 0.3 is 5.97 Å². The highest BCUT2D eigenvalue weighted by Gasteiger charge is 2.22. The van der Waals surface area contributed by atoms with Crippen LogP contribution in [-0.2, 0) is 9.53 Å². The van der Waals surface area contributed by atoms with Crippen molar-refractivity contribution in [3.05, 3.63) is 39.9 Å². The van der Waals surface area contributed by atoms with Gasteiger partial charge in [0.2, 0.25) is 0 Å². The molecular weight excluding hydrogens is 300 g/mol. The Bertz CT molecular complexity index is 556. The molecule has 0 aliphatic heterocycles. The standard InChI is InChI=1S/C16H22N2O5/c1-4-12(3)17(11-10-15(19)23-5-2)16(20)13-6-8-14(9-7-13)18(21)22/h6-9,12H,4-5,10-11H2,1-3H3. The number of non-ortho nitro benzene ring substituents is 1. The molecule has 0 saturated heterocycles. The minimum Gasteiger partial charge on any atom is -0.466 e. The van der Waals surface area contributed by atoms with Crippen molar-refractivity contribution in [2.24, 2.45) is 0 Å². The first-order valence-electron chi connectivity index (χ1n) is 7.61. The quantitative estimate of drug-likeness (QED) is 0.417. The van der Waals surface area contributed by atoms with Crippen molar-refractivity contribution >= 4 is 17.6 Å². The third-order valence-corrected chi connectivity index (χ3v) is 3.57. The Hall–Kier alpha value is -2.44. The summed E-state index contributed by atoms with van der Waals surface area (Å²) in [5.41, 5.74) is 0.294. The molecule has 0 aromatic heterocycles. The molecule has 1 atom stereocenters. The van der Waals surface area contributed by atoms with Gasteiger partial charge in [0, 0.05) is 30.3 Å². The number of hydrogen-bond donors (Lipinski definition) is 0. The van der Waals surface area contributed by atoms with Crippen molar-refractivity contribution in [2.75, 3.05) is 13.2 Å². The molecule has 7 heteroatoms. The highest BCUT2D eigenvalue weighted by molar-refractivity contribution is 5.94. The van der Waals surface area contributed by atoms with Crippen molar-refractivity contribution in [3.63, 3.8) is 0 Å². The average Bonchev–Trinajstić information content (AvgIpc) is 2.54. The van der Waals surface area contributed by atoms with Gasteiger partial charge in [0.05, 0.1) is 18.0 Å². The summed E-state index contributed by atoms with van der Waals surface area (Å²) >= 11 is 0. The normalized spacial score (nSPS) is 11.6. The van der Waals surface area contributed by atoms with Gasteiger partial charge in [0.15, 0.2) is 0 Å². The summed E-state index contributed by atoms with van der Waals surface area (Å²) in [4.78, 5) is 35.9. The Morgan fingerprint density at radius 2 is 1.87 bits per heavy atom. The highest BCUT2D eigenvalue weighted by Crippen LogP contribution is 2.16. The third-order valence-electron chi connectivity index (χ3n) is 3.57. The van der Waals surface area contributed by atoms with Crippen LogP contribution >= 0.6 is 0 Å². The summed E-state index contributed by atoms with van der Waals surface area (Å²) in [6.07, 6.45) is 0.860. The van der Waals surface area contributed by atoms with Gasteiger partial charge < -0.3 is 9.64 Å². The van der Waals surface area contributed by atoms with Crippen molar-refractivity contribution < 1.29 is 19.2 Å². The Morgan fingerprint density at radius 1 is 1.26 bits per heavy atom. The highest BCUT2D eigenvalue weighted by atomic mass is 16.6. The number of nitro benzene ring substituents is 1. The number of hydrogen-bond acceptors (Lipinski definition) is 5. The van der Waals surface area contributed by atoms with E-state index in [4.69, 9.17) is 4.74 Å². The van der Waals surface area contributed by atoms with E-state index in [9.17, 15) is 19.7 Å². The number of nitro groups is 1. The average molecular weight is 322 g/mol. The lowest BCUT2D eigenvalue weighted by atomic mass is 10.1. The molecular formula is C16H22N2O5. The maximum Gasteiger partial charge on any atom is 0.307 e. The van der Waals surface area contributed by atoms with Crippen LogP contribution in [0.25, 0.3) is 0 Å². The van der Waals surface area contributed by atoms with Crippen molar-refractivity contribution in [3.8, 4) is 0 Å². The van der Waals surface area contributed by atoms with E-state index in [0.29, 0.717) is 12.2 Å². The van der Waals surface area contributed by atoms with Crippen LogP contribution in [0.4, 0.5) is 5.69 Å². The number of rotatable bonds is 8. The van der Waals surface area contributed by atoms with Gasteiger partial charge in [0.25, 0.3) is 11.6 Å². The van der Waals surface area contributed by atoms with Crippen LogP contribution < -0.4 is 0 Å². The molecule has 0 aliphatic rings. The molecule has 23 heavy (non-hydrogen) atoms. The SMILES string of the molecule is CCOC(=O)CCN(C(=O)c1ccc([N+](=O)[O-])cc1)C(C)CC. The van der Waals surface area contributed by atoms with E-state index >= 15 is 0 Å². The van der Waals surface area contributed by atoms with Crippen molar-refractivity contribution in [1.82, 2.24) is 4.90 Å². The summed E-state index contributed by atoms with van der Waals surface area (Å²) in [6.45, 7) is 6.13. The van der Waals surface area contributed by atoms with E-state index in [2.05, 4.69) is 0 Å². The largest absolute Gasteiger partial charge is 0.466 e. The fourth-order valence-corrected chi connectivity index (χ4v) is 2.08. The maximum absolute atomic E-state index is 12.6. The molecule has 0 spiro atoms. The number of esters is 1. The topological polar surface area (TPSA) is 89.8 Å². The van der Waals surface area contributed by atoms with Gasteiger partial charge in [0.1, 0.15) is 0 Å². The van der Waals surface area contributed by atoms with E-state index in [1.807, 2.05) is 13.8 Å². The number of carbonyl (C=O) groups excluding carboxylic acids is 2. The van der Waals surface area contributed by atoms with Crippen molar-refractivity contribution in [1.29, 1.82) is 0 Å². The minimum absolute atomic E-state index is 0.0490. The fourth-order valence-electron chi connectivity index (χ4n) is 2.08. The Labute approximate surface area is 135 Å². The molecule has 0 bridgehead atoms. The van der Waals surface area contributed by atoms with Crippen LogP contribution in [0.15, 0.2) is 24.3 Å². The fraction of sp³-hybridized carbons (Fsp3) is 0.500. The Kier molecular flexibility index (Phi) is 7.18. The molecule has 0 fully saturated rings. The second kappa shape index (κ2) is 8.87. The predicted molar refractivity (Wildman–Crippen MR) is 85.1 cm³/mol. The van der Waals surface area contributed by atoms with E-state index in [1.54, 1.807) is 11.8 Å². The lowest BCUT2D eigenvalue weighted by Gasteiger charge is -2.28. The molecule has 0 aliphatic carbocycles. The number of benzene rings is 1. The van der Waals surface area contributed by atoms with Gasteiger partial charge in [-0.1, -0.05) is 6.92 Å². The summed E-state index contributed by atoms with van der Waals surface area (Å²) in [5, 5.41) is 10.7. The Balaban J connectivity index is 2.86. The first kappa shape index (κ1) is 18.6. The van der Waals surface area contributed by atoms with E-state index in [0.717, 1.165) is 6.42 Å². The van der Waals surface area contributed by atoms with Gasteiger partial charge in [-0.3, -0.25) is 19.7 Å². The summed E-state index contributed by atoms with van der Waals surface area (Å²) in [7, 11) is 0. The molecule has 7 nitrogen and oxygen atoms in total. The molecule has 1 amide bonds. The van der Waals surface area contributed by atoms with E-state index < -0.39 is 4.92 Å². The molecule has 0 saturated carbocycles. The van der Waals surface area contributed by atoms with Crippen LogP contribution in [0.2, 0.25) is 0 Å². The minimum atomic E-state index is -0.512. The number of ether oxygens (including phenoxy) is 1. The molecule has 0 N–H and O–H groups in total. The molecule has 0 heterocycles. The molecule has 1 rings (SSSR count). The number of nitrogens with zero attached hydrogens (tertiary/aromatic N) is 2. The molecule has 1 unspecified atom stereocenters. The smallest absolute Gasteiger partial charge is 0.307 e. The third kappa shape index (κ3) is 5.36. The monoisotopic (exact) mass is 322 g/mol. The number of carbonyl (C=O) groups is 2. The summed E-state index contributed by atoms with van der Waals surface area (Å²) in [6, 6.07) is 5.41. The second-order valence-electron chi connectivity index (χ2n) is 5.11. The first-order chi connectivity index (χ1) is 10.9. The zero-order valence-corrected chi connectivity index (χ0v) is 13.7. The molecule has 0 radical (unpaired) electrons. The zero-order valence-electron chi connectivity index (χ0n) is 13.7. The van der Waals surface area contributed by atoms with Crippen molar-refractivity contribution in [2.45, 2.75) is 39.7 Å². The summed E-state index contributed by atoms with van der Waals surface area (Å²) in [5.74, 6) is -0.601. The van der Waals surface area contributed by atoms with Crippen LogP contribution in [0.1, 0.15) is 44.0 Å². The van der Waals surface area contributed by atoms with E-state index in [-0.39, 0.29) is 36.6 Å². The van der Waals surface area contributed by atoms with Crippen LogP contribution in [0.3, 0.4) is 0 Å². The Morgan fingerprint density at radius 3 is 2.35 bits per heavy atom. The predicted octanol–water partition coefficient (Wildman–Crippen LogP) is 2.79. The molecule has 126 valence electrons. The lowest BCUT2D eigenvalue weighted by Crippen LogP contribution is -2.39. The number of amides is 1.